The van der Waals surface area contributed by atoms with E-state index in [1.807, 2.05) is 4.90 Å². The maximum Gasteiger partial charge on any atom is 0.416 e. The highest BCUT2D eigenvalue weighted by Gasteiger charge is 2.36. The molecule has 4 rings (SSSR count). The van der Waals surface area contributed by atoms with Gasteiger partial charge in [-0.1, -0.05) is 48.7 Å². The predicted molar refractivity (Wildman–Crippen MR) is 127 cm³/mol. The molecular weight excluding hydrogens is 476 g/mol. The average molecular weight is 507 g/mol. The highest BCUT2D eigenvalue weighted by Crippen LogP contribution is 2.41. The molecule has 1 saturated heterocycles. The van der Waals surface area contributed by atoms with E-state index in [4.69, 9.17) is 9.94 Å². The van der Waals surface area contributed by atoms with Crippen molar-refractivity contribution in [3.8, 4) is 0 Å². The zero-order valence-electron chi connectivity index (χ0n) is 20.2. The van der Waals surface area contributed by atoms with E-state index in [2.05, 4.69) is 5.16 Å². The first-order chi connectivity index (χ1) is 17.1. The van der Waals surface area contributed by atoms with Crippen LogP contribution in [0.4, 0.5) is 17.6 Å². The summed E-state index contributed by atoms with van der Waals surface area (Å²) in [6, 6.07) is 9.01. The van der Waals surface area contributed by atoms with Crippen LogP contribution in [0.25, 0.3) is 0 Å². The van der Waals surface area contributed by atoms with Crippen molar-refractivity contribution in [3.05, 3.63) is 70.0 Å². The van der Waals surface area contributed by atoms with E-state index < -0.39 is 29.4 Å². The number of carbonyl (C=O) groups is 1. The van der Waals surface area contributed by atoms with Gasteiger partial charge in [0.1, 0.15) is 12.4 Å². The van der Waals surface area contributed by atoms with Crippen LogP contribution in [0.1, 0.15) is 72.8 Å². The monoisotopic (exact) mass is 506 g/mol. The number of alkyl halides is 3. The number of carboxylic acid groups (broad SMARTS) is 1. The molecular formula is C27H30F4N2O3. The Morgan fingerprint density at radius 3 is 2.47 bits per heavy atom. The van der Waals surface area contributed by atoms with E-state index >= 15 is 0 Å². The lowest BCUT2D eigenvalue weighted by Gasteiger charge is -2.36. The summed E-state index contributed by atoms with van der Waals surface area (Å²) < 4.78 is 55.8. The van der Waals surface area contributed by atoms with Crippen molar-refractivity contribution < 1.29 is 32.3 Å². The first-order valence-corrected chi connectivity index (χ1v) is 12.2. The van der Waals surface area contributed by atoms with Gasteiger partial charge in [0, 0.05) is 30.8 Å². The molecule has 194 valence electrons. The smallest absolute Gasteiger partial charge is 0.416 e. The van der Waals surface area contributed by atoms with Gasteiger partial charge in [-0.3, -0.25) is 9.69 Å². The van der Waals surface area contributed by atoms with Crippen LogP contribution in [0.15, 0.2) is 41.6 Å². The number of oxime groups is 1. The Bertz CT molecular complexity index is 1120. The second-order valence-corrected chi connectivity index (χ2v) is 9.74. The number of carboxylic acids is 1. The minimum absolute atomic E-state index is 0.0665. The number of hydrogen-bond acceptors (Lipinski definition) is 4. The quantitative estimate of drug-likeness (QED) is 0.258. The van der Waals surface area contributed by atoms with Gasteiger partial charge in [-0.25, -0.2) is 4.39 Å². The summed E-state index contributed by atoms with van der Waals surface area (Å²) in [5.74, 6) is -1.75. The molecule has 1 N–H and O–H groups in total. The lowest BCUT2D eigenvalue weighted by atomic mass is 9.81. The Balaban J connectivity index is 1.38. The van der Waals surface area contributed by atoms with E-state index in [0.29, 0.717) is 47.6 Å². The number of aliphatic carboxylic acids is 1. The Hall–Kier alpha value is -2.94. The molecule has 1 saturated carbocycles. The number of rotatable bonds is 8. The maximum atomic E-state index is 14.6. The van der Waals surface area contributed by atoms with Crippen LogP contribution in [0.5, 0.6) is 0 Å². The molecule has 0 unspecified atom stereocenters. The molecule has 0 amide bonds. The first-order valence-electron chi connectivity index (χ1n) is 12.2. The standard InChI is InChI=1S/C27H30F4N2O3/c1-17(20-8-9-21(25(28)12-20)13-33-14-22(15-33)26(34)35)32-36-16-18-7-10-23(19-5-3-2-4-6-19)24(11-18)27(29,30)31/h7-12,19,22H,2-6,13-16H2,1H3,(H,34,35)/b32-17+. The largest absolute Gasteiger partial charge is 0.481 e. The Kier molecular flexibility index (Phi) is 7.97. The summed E-state index contributed by atoms with van der Waals surface area (Å²) in [6.07, 6.45) is 0.0836. The Morgan fingerprint density at radius 1 is 1.11 bits per heavy atom. The number of nitrogens with zero attached hydrogens (tertiary/aromatic N) is 2. The summed E-state index contributed by atoms with van der Waals surface area (Å²) in [5, 5.41) is 12.9. The van der Waals surface area contributed by atoms with Crippen LogP contribution in [0, 0.1) is 11.7 Å². The summed E-state index contributed by atoms with van der Waals surface area (Å²) in [6.45, 7) is 2.60. The van der Waals surface area contributed by atoms with E-state index in [9.17, 15) is 22.4 Å². The van der Waals surface area contributed by atoms with E-state index in [0.717, 1.165) is 38.2 Å². The average Bonchev–Trinajstić information content (AvgIpc) is 2.81. The molecule has 2 fully saturated rings. The SMILES string of the molecule is C/C(=N\OCc1ccc(C2CCCCC2)c(C(F)(F)F)c1)c1ccc(CN2CC(C(=O)O)C2)c(F)c1. The van der Waals surface area contributed by atoms with Gasteiger partial charge < -0.3 is 9.94 Å². The summed E-state index contributed by atoms with van der Waals surface area (Å²) in [5.41, 5.74) is 1.46. The second kappa shape index (κ2) is 11.0. The minimum atomic E-state index is -4.44. The van der Waals surface area contributed by atoms with Crippen LogP contribution < -0.4 is 0 Å². The molecule has 0 aromatic heterocycles. The van der Waals surface area contributed by atoms with E-state index in [1.54, 1.807) is 31.2 Å². The van der Waals surface area contributed by atoms with Crippen LogP contribution in [-0.4, -0.2) is 34.8 Å². The van der Waals surface area contributed by atoms with Gasteiger partial charge in [-0.05, 0) is 48.9 Å². The molecule has 2 aromatic carbocycles. The van der Waals surface area contributed by atoms with Gasteiger partial charge in [0.2, 0.25) is 0 Å². The third-order valence-electron chi connectivity index (χ3n) is 7.07. The zero-order valence-corrected chi connectivity index (χ0v) is 20.2. The summed E-state index contributed by atoms with van der Waals surface area (Å²) >= 11 is 0. The van der Waals surface area contributed by atoms with Crippen LogP contribution in [-0.2, 0) is 29.0 Å². The molecule has 0 radical (unpaired) electrons. The number of halogens is 4. The molecule has 5 nitrogen and oxygen atoms in total. The van der Waals surface area contributed by atoms with Gasteiger partial charge in [0.25, 0.3) is 0 Å². The third-order valence-corrected chi connectivity index (χ3v) is 7.07. The third kappa shape index (κ3) is 6.24. The van der Waals surface area contributed by atoms with Crippen molar-refractivity contribution in [2.75, 3.05) is 13.1 Å². The highest BCUT2D eigenvalue weighted by atomic mass is 19.4. The number of hydrogen-bond donors (Lipinski definition) is 1. The molecule has 0 bridgehead atoms. The maximum absolute atomic E-state index is 14.6. The van der Waals surface area contributed by atoms with E-state index in [-0.39, 0.29) is 12.5 Å². The van der Waals surface area contributed by atoms with Gasteiger partial charge in [0.15, 0.2) is 0 Å². The molecule has 0 atom stereocenters. The van der Waals surface area contributed by atoms with Gasteiger partial charge in [0.05, 0.1) is 17.2 Å². The minimum Gasteiger partial charge on any atom is -0.481 e. The number of likely N-dealkylation sites (tertiary alicyclic amines) is 1. The zero-order chi connectivity index (χ0) is 25.9. The lowest BCUT2D eigenvalue weighted by Crippen LogP contribution is -2.49. The van der Waals surface area contributed by atoms with Crippen molar-refractivity contribution in [1.82, 2.24) is 4.90 Å². The molecule has 0 spiro atoms. The molecule has 1 aliphatic carbocycles. The molecule has 1 aliphatic heterocycles. The highest BCUT2D eigenvalue weighted by molar-refractivity contribution is 5.98. The molecule has 1 heterocycles. The molecule has 2 aromatic rings. The fourth-order valence-corrected chi connectivity index (χ4v) is 4.96. The van der Waals surface area contributed by atoms with Crippen LogP contribution in [0.2, 0.25) is 0 Å². The van der Waals surface area contributed by atoms with Crippen LogP contribution >= 0.6 is 0 Å². The fourth-order valence-electron chi connectivity index (χ4n) is 4.96. The summed E-state index contributed by atoms with van der Waals surface area (Å²) in [7, 11) is 0. The van der Waals surface area contributed by atoms with Crippen molar-refractivity contribution in [3.63, 3.8) is 0 Å². The van der Waals surface area contributed by atoms with E-state index in [1.165, 1.54) is 6.07 Å². The van der Waals surface area contributed by atoms with Crippen molar-refractivity contribution in [1.29, 1.82) is 0 Å². The van der Waals surface area contributed by atoms with Crippen LogP contribution in [0.3, 0.4) is 0 Å². The Morgan fingerprint density at radius 2 is 1.83 bits per heavy atom. The van der Waals surface area contributed by atoms with Crippen molar-refractivity contribution >= 4 is 11.7 Å². The molecule has 36 heavy (non-hydrogen) atoms. The van der Waals surface area contributed by atoms with Crippen molar-refractivity contribution in [2.24, 2.45) is 11.1 Å². The van der Waals surface area contributed by atoms with Gasteiger partial charge >= 0.3 is 12.1 Å². The predicted octanol–water partition coefficient (Wildman–Crippen LogP) is 6.35. The van der Waals surface area contributed by atoms with Gasteiger partial charge in [-0.2, -0.15) is 13.2 Å². The van der Waals surface area contributed by atoms with Crippen molar-refractivity contribution in [2.45, 2.75) is 64.3 Å². The number of benzene rings is 2. The lowest BCUT2D eigenvalue weighted by molar-refractivity contribution is -0.147. The molecule has 2 aliphatic rings. The summed E-state index contributed by atoms with van der Waals surface area (Å²) in [4.78, 5) is 18.1. The normalized spacial score (nSPS) is 18.2. The fraction of sp³-hybridized carbons (Fsp3) is 0.481. The first kappa shape index (κ1) is 26.1. The topological polar surface area (TPSA) is 62.1 Å². The second-order valence-electron chi connectivity index (χ2n) is 9.74. The molecule has 9 heteroatoms. The Labute approximate surface area is 207 Å². The van der Waals surface area contributed by atoms with Gasteiger partial charge in [-0.15, -0.1) is 0 Å².